The van der Waals surface area contributed by atoms with Gasteiger partial charge in [-0.3, -0.25) is 14.9 Å². The number of hydrogen-bond donors (Lipinski definition) is 2. The van der Waals surface area contributed by atoms with Crippen molar-refractivity contribution in [1.29, 1.82) is 0 Å². The second kappa shape index (κ2) is 14.6. The third-order valence-corrected chi connectivity index (χ3v) is 12.2. The Balaban J connectivity index is 1.25. The summed E-state index contributed by atoms with van der Waals surface area (Å²) in [6.07, 6.45) is 4.48. The van der Waals surface area contributed by atoms with E-state index in [9.17, 15) is 25.1 Å². The van der Waals surface area contributed by atoms with Gasteiger partial charge in [-0.05, 0) is 73.4 Å². The molecule has 2 heterocycles. The van der Waals surface area contributed by atoms with Crippen molar-refractivity contribution < 1.29 is 24.7 Å². The molecular formula is C37H38N4O6S2. The van der Waals surface area contributed by atoms with Gasteiger partial charge < -0.3 is 19.8 Å². The molecule has 2 atom stereocenters. The number of unbranched alkanes of at least 4 members (excludes halogenated alkanes) is 1. The van der Waals surface area contributed by atoms with Crippen LogP contribution < -0.4 is 9.64 Å². The lowest BCUT2D eigenvalue weighted by Gasteiger charge is -2.44. The molecule has 2 aliphatic heterocycles. The molecule has 1 saturated heterocycles. The molecule has 1 fully saturated rings. The van der Waals surface area contributed by atoms with Crippen molar-refractivity contribution in [3.05, 3.63) is 118 Å². The summed E-state index contributed by atoms with van der Waals surface area (Å²) in [5.41, 5.74) is 1.15. The number of fused-ring (bicyclic) bond motifs is 1. The average molecular weight is 699 g/mol. The zero-order valence-corrected chi connectivity index (χ0v) is 29.0. The molecule has 10 nitrogen and oxygen atoms in total. The number of esters is 1. The predicted molar refractivity (Wildman–Crippen MR) is 194 cm³/mol. The van der Waals surface area contributed by atoms with E-state index in [-0.39, 0.29) is 24.0 Å². The number of nitro benzene ring substituents is 1. The zero-order chi connectivity index (χ0) is 34.6. The van der Waals surface area contributed by atoms with Crippen molar-refractivity contribution in [2.75, 3.05) is 10.7 Å². The minimum atomic E-state index is -1.54. The first-order valence-electron chi connectivity index (χ1n) is 16.2. The number of hydrogen-bond acceptors (Lipinski definition) is 11. The van der Waals surface area contributed by atoms with E-state index in [1.54, 1.807) is 18.2 Å². The van der Waals surface area contributed by atoms with E-state index in [1.165, 1.54) is 42.5 Å². The molecule has 0 spiro atoms. The van der Waals surface area contributed by atoms with E-state index in [0.717, 1.165) is 30.5 Å². The predicted octanol–water partition coefficient (Wildman–Crippen LogP) is 9.48. The quantitative estimate of drug-likeness (QED) is 0.0282. The van der Waals surface area contributed by atoms with Crippen LogP contribution in [0, 0.1) is 10.1 Å². The first-order chi connectivity index (χ1) is 23.6. The maximum atomic E-state index is 12.8. The Morgan fingerprint density at radius 3 is 2.45 bits per heavy atom. The number of non-ortho nitro benzene ring substituents is 1. The molecular weight excluding hydrogens is 661 g/mol. The van der Waals surface area contributed by atoms with E-state index in [4.69, 9.17) is 4.74 Å². The van der Waals surface area contributed by atoms with E-state index in [1.807, 2.05) is 82.8 Å². The van der Waals surface area contributed by atoms with Gasteiger partial charge in [0, 0.05) is 58.3 Å². The number of ether oxygens (including phenoxy) is 1. The molecule has 0 radical (unpaired) electrons. The smallest absolute Gasteiger partial charge is 0.311 e. The van der Waals surface area contributed by atoms with Crippen LogP contribution in [0.3, 0.4) is 0 Å². The summed E-state index contributed by atoms with van der Waals surface area (Å²) in [5.74, 6) is 1.37. The topological polar surface area (TPSA) is 138 Å². The van der Waals surface area contributed by atoms with E-state index < -0.39 is 16.1 Å². The monoisotopic (exact) mass is 698 g/mol. The second-order valence-corrected chi connectivity index (χ2v) is 15.6. The molecule has 0 saturated carbocycles. The summed E-state index contributed by atoms with van der Waals surface area (Å²) in [5, 5.41) is 43.9. The second-order valence-electron chi connectivity index (χ2n) is 12.8. The molecule has 0 aromatic heterocycles. The standard InChI is InChI=1S/C37H38N4O6S2/c1-36(2)32-23-30(47-35(43)11-7-6-10-31-20-21-48-49-31)17-18-33(32)40(37(36,44)26-8-4-3-5-9-26)24-25-22-28(14-19-34(25)42)39-38-27-12-15-29(16-13-27)41(45)46/h3-5,8-9,12-19,22-23,31,42,44H,6-7,10-11,20-21,24H2,1-2H3. The molecule has 6 rings (SSSR count). The summed E-state index contributed by atoms with van der Waals surface area (Å²) in [7, 11) is 3.88. The number of azo groups is 1. The summed E-state index contributed by atoms with van der Waals surface area (Å²) in [4.78, 5) is 25.2. The molecule has 2 aliphatic rings. The van der Waals surface area contributed by atoms with Gasteiger partial charge in [0.15, 0.2) is 5.72 Å². The van der Waals surface area contributed by atoms with Crippen LogP contribution in [0.1, 0.15) is 62.6 Å². The molecule has 12 heteroatoms. The van der Waals surface area contributed by atoms with Crippen LogP contribution in [0.25, 0.3) is 0 Å². The van der Waals surface area contributed by atoms with Gasteiger partial charge in [0.25, 0.3) is 5.69 Å². The minimum absolute atomic E-state index is 0.0202. The number of anilines is 1. The molecule has 4 aromatic rings. The van der Waals surface area contributed by atoms with Crippen LogP contribution in [-0.4, -0.2) is 32.1 Å². The number of aromatic hydroxyl groups is 1. The third kappa shape index (κ3) is 7.31. The van der Waals surface area contributed by atoms with Gasteiger partial charge >= 0.3 is 5.97 Å². The van der Waals surface area contributed by atoms with Crippen molar-refractivity contribution in [2.45, 2.75) is 68.9 Å². The van der Waals surface area contributed by atoms with Gasteiger partial charge in [0.1, 0.15) is 11.5 Å². The maximum Gasteiger partial charge on any atom is 0.311 e. The van der Waals surface area contributed by atoms with Gasteiger partial charge in [-0.2, -0.15) is 10.2 Å². The minimum Gasteiger partial charge on any atom is -0.508 e. The van der Waals surface area contributed by atoms with Crippen molar-refractivity contribution in [1.82, 2.24) is 0 Å². The molecule has 0 bridgehead atoms. The molecule has 49 heavy (non-hydrogen) atoms. The van der Waals surface area contributed by atoms with Gasteiger partial charge in [0.2, 0.25) is 0 Å². The Morgan fingerprint density at radius 2 is 1.73 bits per heavy atom. The molecule has 2 N–H and O–H groups in total. The fourth-order valence-electron chi connectivity index (χ4n) is 6.48. The van der Waals surface area contributed by atoms with Crippen molar-refractivity contribution >= 4 is 50.3 Å². The highest BCUT2D eigenvalue weighted by molar-refractivity contribution is 8.77. The van der Waals surface area contributed by atoms with Crippen LogP contribution >= 0.6 is 21.6 Å². The summed E-state index contributed by atoms with van der Waals surface area (Å²) >= 11 is 0. The molecule has 0 amide bonds. The Labute approximate surface area is 293 Å². The Kier molecular flexibility index (Phi) is 10.3. The molecule has 2 unspecified atom stereocenters. The largest absolute Gasteiger partial charge is 0.508 e. The van der Waals surface area contributed by atoms with Crippen LogP contribution in [0.2, 0.25) is 0 Å². The molecule has 4 aromatic carbocycles. The number of rotatable bonds is 12. The highest BCUT2D eigenvalue weighted by Gasteiger charge is 2.57. The Bertz CT molecular complexity index is 1850. The normalized spacial score (nSPS) is 19.7. The number of benzene rings is 4. The van der Waals surface area contributed by atoms with Crippen molar-refractivity contribution in [2.24, 2.45) is 10.2 Å². The fourth-order valence-corrected chi connectivity index (χ4v) is 9.50. The van der Waals surface area contributed by atoms with E-state index >= 15 is 0 Å². The van der Waals surface area contributed by atoms with Crippen LogP contribution in [0.15, 0.2) is 101 Å². The number of carbonyl (C=O) groups excluding carboxylic acids is 1. The number of phenolic OH excluding ortho intramolecular Hbond substituents is 1. The lowest BCUT2D eigenvalue weighted by molar-refractivity contribution is -0.384. The van der Waals surface area contributed by atoms with Crippen molar-refractivity contribution in [3.8, 4) is 11.5 Å². The number of nitro groups is 1. The van der Waals surface area contributed by atoms with Crippen LogP contribution in [0.5, 0.6) is 11.5 Å². The maximum absolute atomic E-state index is 12.8. The summed E-state index contributed by atoms with van der Waals surface area (Å²) < 4.78 is 5.80. The van der Waals surface area contributed by atoms with Gasteiger partial charge in [-0.1, -0.05) is 72.2 Å². The summed E-state index contributed by atoms with van der Waals surface area (Å²) in [6.45, 7) is 4.03. The number of carbonyl (C=O) groups is 1. The SMILES string of the molecule is CC1(C)c2cc(OC(=O)CCCCC3CCSS3)ccc2N(Cc2cc(N=Nc3ccc([N+](=O)[O-])cc3)ccc2O)C1(O)c1ccccc1. The lowest BCUT2D eigenvalue weighted by atomic mass is 9.74. The van der Waals surface area contributed by atoms with Crippen LogP contribution in [0.4, 0.5) is 22.7 Å². The molecule has 254 valence electrons. The van der Waals surface area contributed by atoms with Crippen LogP contribution in [-0.2, 0) is 22.5 Å². The Hall–Kier alpha value is -4.39. The van der Waals surface area contributed by atoms with E-state index in [2.05, 4.69) is 10.2 Å². The highest BCUT2D eigenvalue weighted by Crippen LogP contribution is 2.57. The highest BCUT2D eigenvalue weighted by atomic mass is 33.1. The first-order valence-corrected chi connectivity index (χ1v) is 18.6. The summed E-state index contributed by atoms with van der Waals surface area (Å²) in [6, 6.07) is 25.4. The number of nitrogens with zero attached hydrogens (tertiary/aromatic N) is 4. The van der Waals surface area contributed by atoms with E-state index in [0.29, 0.717) is 39.9 Å². The average Bonchev–Trinajstić information content (AvgIpc) is 3.68. The van der Waals surface area contributed by atoms with Gasteiger partial charge in [-0.25, -0.2) is 0 Å². The lowest BCUT2D eigenvalue weighted by Crippen LogP contribution is -2.52. The van der Waals surface area contributed by atoms with Crippen molar-refractivity contribution in [3.63, 3.8) is 0 Å². The Morgan fingerprint density at radius 1 is 1.00 bits per heavy atom. The third-order valence-electron chi connectivity index (χ3n) is 9.22. The number of aliphatic hydroxyl groups is 1. The van der Waals surface area contributed by atoms with Gasteiger partial charge in [-0.15, -0.1) is 0 Å². The molecule has 0 aliphatic carbocycles. The zero-order valence-electron chi connectivity index (χ0n) is 27.3. The fraction of sp³-hybridized carbons (Fsp3) is 0.324. The number of phenols is 1. The van der Waals surface area contributed by atoms with Gasteiger partial charge in [0.05, 0.1) is 16.3 Å². The first kappa shape index (κ1) is 34.5.